The number of carbonyl (C=O) groups is 1. The predicted octanol–water partition coefficient (Wildman–Crippen LogP) is 3.55. The number of hydrogen-bond donors (Lipinski definition) is 1. The average molecular weight is 295 g/mol. The molecule has 0 saturated heterocycles. The number of amides is 1. The molecule has 1 aromatic rings. The van der Waals surface area contributed by atoms with Crippen LogP contribution in [0.5, 0.6) is 0 Å². The summed E-state index contributed by atoms with van der Waals surface area (Å²) in [5.41, 5.74) is 9.05. The van der Waals surface area contributed by atoms with E-state index in [2.05, 4.69) is 0 Å². The summed E-state index contributed by atoms with van der Waals surface area (Å²) in [5, 5.41) is 0. The maximum absolute atomic E-state index is 12.4. The molecule has 4 heteroatoms. The Kier molecular flexibility index (Phi) is 4.92. The van der Waals surface area contributed by atoms with Gasteiger partial charge in [-0.3, -0.25) is 4.79 Å². The van der Waals surface area contributed by atoms with E-state index in [1.165, 1.54) is 19.3 Å². The van der Waals surface area contributed by atoms with Crippen LogP contribution in [0.1, 0.15) is 44.1 Å². The van der Waals surface area contributed by atoms with Crippen molar-refractivity contribution in [1.82, 2.24) is 0 Å². The highest BCUT2D eigenvalue weighted by molar-refractivity contribution is 5.95. The molecule has 1 aromatic carbocycles. The third kappa shape index (κ3) is 2.93. The zero-order chi connectivity index (χ0) is 13.2. The summed E-state index contributed by atoms with van der Waals surface area (Å²) in [6.45, 7) is 0.847. The molecule has 0 spiro atoms. The number of nitrogens with two attached hydrogens (primary N) is 1. The number of rotatable bonds is 3. The van der Waals surface area contributed by atoms with Crippen LogP contribution in [-0.2, 0) is 11.2 Å². The largest absolute Gasteiger partial charge is 0.398 e. The first kappa shape index (κ1) is 15.2. The summed E-state index contributed by atoms with van der Waals surface area (Å²) in [4.78, 5) is 14.4. The second-order valence-electron chi connectivity index (χ2n) is 5.83. The third-order valence-electron chi connectivity index (χ3n) is 4.58. The molecule has 0 unspecified atom stereocenters. The van der Waals surface area contributed by atoms with E-state index >= 15 is 0 Å². The topological polar surface area (TPSA) is 46.3 Å². The normalized spacial score (nSPS) is 17.9. The fourth-order valence-electron chi connectivity index (χ4n) is 3.15. The summed E-state index contributed by atoms with van der Waals surface area (Å²) in [6.07, 6.45) is 7.76. The van der Waals surface area contributed by atoms with Gasteiger partial charge >= 0.3 is 0 Å². The minimum absolute atomic E-state index is 0. The van der Waals surface area contributed by atoms with Crippen molar-refractivity contribution in [2.24, 2.45) is 5.92 Å². The molecule has 1 aliphatic carbocycles. The highest BCUT2D eigenvalue weighted by atomic mass is 35.5. The lowest BCUT2D eigenvalue weighted by atomic mass is 9.82. The molecule has 2 N–H and O–H groups in total. The van der Waals surface area contributed by atoms with Crippen molar-refractivity contribution >= 4 is 29.7 Å². The molecule has 3 nitrogen and oxygen atoms in total. The lowest BCUT2D eigenvalue weighted by Gasteiger charge is -2.31. The first-order valence-electron chi connectivity index (χ1n) is 7.43. The Morgan fingerprint density at radius 1 is 1.30 bits per heavy atom. The van der Waals surface area contributed by atoms with E-state index in [0.717, 1.165) is 48.7 Å². The summed E-state index contributed by atoms with van der Waals surface area (Å²) in [6, 6.07) is 5.92. The lowest BCUT2D eigenvalue weighted by molar-refractivity contribution is -0.119. The molecule has 3 rings (SSSR count). The summed E-state index contributed by atoms with van der Waals surface area (Å²) < 4.78 is 0. The van der Waals surface area contributed by atoms with Gasteiger partial charge in [-0.1, -0.05) is 25.3 Å². The number of carbonyl (C=O) groups excluding carboxylic acids is 1. The van der Waals surface area contributed by atoms with Gasteiger partial charge in [0.05, 0.1) is 0 Å². The van der Waals surface area contributed by atoms with Crippen LogP contribution < -0.4 is 10.6 Å². The van der Waals surface area contributed by atoms with Gasteiger partial charge in [-0.15, -0.1) is 12.4 Å². The number of nitrogen functional groups attached to an aromatic ring is 1. The summed E-state index contributed by atoms with van der Waals surface area (Å²) >= 11 is 0. The van der Waals surface area contributed by atoms with Crippen LogP contribution in [0.25, 0.3) is 0 Å². The van der Waals surface area contributed by atoms with E-state index in [1.54, 1.807) is 0 Å². The van der Waals surface area contributed by atoms with E-state index in [1.807, 2.05) is 23.1 Å². The highest BCUT2D eigenvalue weighted by Gasteiger charge is 2.25. The van der Waals surface area contributed by atoms with Crippen molar-refractivity contribution in [3.8, 4) is 0 Å². The fourth-order valence-corrected chi connectivity index (χ4v) is 3.15. The van der Waals surface area contributed by atoms with Gasteiger partial charge < -0.3 is 10.6 Å². The van der Waals surface area contributed by atoms with Gasteiger partial charge in [0.25, 0.3) is 0 Å². The van der Waals surface area contributed by atoms with Gasteiger partial charge in [0.15, 0.2) is 0 Å². The van der Waals surface area contributed by atoms with Gasteiger partial charge in [-0.05, 0) is 42.9 Å². The van der Waals surface area contributed by atoms with E-state index in [0.29, 0.717) is 6.42 Å². The Balaban J connectivity index is 0.00000147. The number of hydrogen-bond acceptors (Lipinski definition) is 2. The second kappa shape index (κ2) is 6.49. The Bertz CT molecular complexity index is 485. The van der Waals surface area contributed by atoms with Crippen LogP contribution in [-0.4, -0.2) is 12.5 Å². The fraction of sp³-hybridized carbons (Fsp3) is 0.562. The van der Waals surface area contributed by atoms with Crippen LogP contribution >= 0.6 is 12.4 Å². The van der Waals surface area contributed by atoms with Crippen molar-refractivity contribution in [2.45, 2.75) is 44.9 Å². The molecule has 0 aromatic heterocycles. The van der Waals surface area contributed by atoms with Crippen molar-refractivity contribution in [3.63, 3.8) is 0 Å². The standard InChI is InChI=1S/C16H22N2O.ClH/c17-14-7-2-8-15-13(14)6-3-11-18(15)16(19)10-9-12-4-1-5-12;/h2,7-8,12H,1,3-6,9-11,17H2;1H. The molecule has 0 radical (unpaired) electrons. The van der Waals surface area contributed by atoms with Crippen LogP contribution in [0.4, 0.5) is 11.4 Å². The molecule has 0 atom stereocenters. The lowest BCUT2D eigenvalue weighted by Crippen LogP contribution is -2.36. The van der Waals surface area contributed by atoms with Crippen molar-refractivity contribution in [1.29, 1.82) is 0 Å². The molecule has 1 heterocycles. The minimum atomic E-state index is 0. The number of anilines is 2. The molecule has 1 fully saturated rings. The Labute approximate surface area is 126 Å². The number of benzene rings is 1. The van der Waals surface area contributed by atoms with Gasteiger partial charge in [0.2, 0.25) is 5.91 Å². The molecule has 0 bridgehead atoms. The van der Waals surface area contributed by atoms with Gasteiger partial charge in [-0.25, -0.2) is 0 Å². The minimum Gasteiger partial charge on any atom is -0.398 e. The Morgan fingerprint density at radius 2 is 2.10 bits per heavy atom. The molecular formula is C16H23ClN2O. The van der Waals surface area contributed by atoms with E-state index in [4.69, 9.17) is 5.73 Å². The first-order chi connectivity index (χ1) is 9.25. The number of halogens is 1. The third-order valence-corrected chi connectivity index (χ3v) is 4.58. The van der Waals surface area contributed by atoms with Crippen LogP contribution in [0, 0.1) is 5.92 Å². The molecule has 20 heavy (non-hydrogen) atoms. The molecule has 1 amide bonds. The molecule has 1 saturated carbocycles. The van der Waals surface area contributed by atoms with Crippen molar-refractivity contribution in [2.75, 3.05) is 17.2 Å². The van der Waals surface area contributed by atoms with Gasteiger partial charge in [0.1, 0.15) is 0 Å². The second-order valence-corrected chi connectivity index (χ2v) is 5.83. The average Bonchev–Trinajstić information content (AvgIpc) is 2.36. The molecular weight excluding hydrogens is 272 g/mol. The zero-order valence-corrected chi connectivity index (χ0v) is 12.6. The highest BCUT2D eigenvalue weighted by Crippen LogP contribution is 2.34. The smallest absolute Gasteiger partial charge is 0.226 e. The monoisotopic (exact) mass is 294 g/mol. The number of nitrogens with zero attached hydrogens (tertiary/aromatic N) is 1. The van der Waals surface area contributed by atoms with Crippen LogP contribution in [0.15, 0.2) is 18.2 Å². The van der Waals surface area contributed by atoms with E-state index in [9.17, 15) is 4.79 Å². The predicted molar refractivity (Wildman–Crippen MR) is 85.4 cm³/mol. The maximum Gasteiger partial charge on any atom is 0.226 e. The first-order valence-corrected chi connectivity index (χ1v) is 7.43. The van der Waals surface area contributed by atoms with Crippen molar-refractivity contribution in [3.05, 3.63) is 23.8 Å². The molecule has 110 valence electrons. The maximum atomic E-state index is 12.4. The Hall–Kier alpha value is -1.22. The van der Waals surface area contributed by atoms with Gasteiger partial charge in [-0.2, -0.15) is 0 Å². The quantitative estimate of drug-likeness (QED) is 0.867. The van der Waals surface area contributed by atoms with Crippen LogP contribution in [0.3, 0.4) is 0 Å². The molecule has 1 aliphatic heterocycles. The van der Waals surface area contributed by atoms with E-state index in [-0.39, 0.29) is 18.3 Å². The van der Waals surface area contributed by atoms with Crippen molar-refractivity contribution < 1.29 is 4.79 Å². The van der Waals surface area contributed by atoms with Crippen LogP contribution in [0.2, 0.25) is 0 Å². The Morgan fingerprint density at radius 3 is 2.80 bits per heavy atom. The van der Waals surface area contributed by atoms with Gasteiger partial charge in [0, 0.05) is 24.3 Å². The summed E-state index contributed by atoms with van der Waals surface area (Å²) in [5.74, 6) is 1.08. The number of fused-ring (bicyclic) bond motifs is 1. The SMILES string of the molecule is Cl.Nc1cccc2c1CCCN2C(=O)CCC1CCC1. The summed E-state index contributed by atoms with van der Waals surface area (Å²) in [7, 11) is 0. The molecule has 2 aliphatic rings. The zero-order valence-electron chi connectivity index (χ0n) is 11.8. The van der Waals surface area contributed by atoms with E-state index < -0.39 is 0 Å².